The molecule has 0 bridgehead atoms. The van der Waals surface area contributed by atoms with Crippen molar-refractivity contribution in [3.8, 4) is 0 Å². The van der Waals surface area contributed by atoms with Crippen molar-refractivity contribution in [3.63, 3.8) is 0 Å². The lowest BCUT2D eigenvalue weighted by Crippen LogP contribution is -2.43. The van der Waals surface area contributed by atoms with Crippen LogP contribution >= 0.6 is 0 Å². The summed E-state index contributed by atoms with van der Waals surface area (Å²) in [5.41, 5.74) is 0.467. The smallest absolute Gasteiger partial charge is 0.184 e. The van der Waals surface area contributed by atoms with Crippen LogP contribution in [0.15, 0.2) is 43.0 Å². The van der Waals surface area contributed by atoms with Gasteiger partial charge in [0.15, 0.2) is 6.29 Å². The number of carbonyl (C=O) groups excluding carboxylic acids is 1. The van der Waals surface area contributed by atoms with E-state index in [1.807, 2.05) is 44.2 Å². The Kier molecular flexibility index (Phi) is 4.73. The van der Waals surface area contributed by atoms with Crippen molar-refractivity contribution < 1.29 is 14.3 Å². The van der Waals surface area contributed by atoms with Gasteiger partial charge in [-0.2, -0.15) is 0 Å². The van der Waals surface area contributed by atoms with Gasteiger partial charge in [0.2, 0.25) is 0 Å². The second-order valence-electron chi connectivity index (χ2n) is 5.66. The van der Waals surface area contributed by atoms with Crippen LogP contribution in [0.3, 0.4) is 0 Å². The molecule has 0 aromatic heterocycles. The molecule has 3 nitrogen and oxygen atoms in total. The number of ketones is 1. The molecule has 1 aromatic carbocycles. The number of Topliss-reactive ketones (excluding diaryl/α,β-unsaturated/α-hetero) is 1. The number of rotatable bonds is 5. The molecule has 0 amide bonds. The minimum absolute atomic E-state index is 0.131. The van der Waals surface area contributed by atoms with Crippen LogP contribution in [0.25, 0.3) is 0 Å². The summed E-state index contributed by atoms with van der Waals surface area (Å²) in [6.45, 7) is 8.12. The van der Waals surface area contributed by atoms with Gasteiger partial charge >= 0.3 is 0 Å². The van der Waals surface area contributed by atoms with E-state index in [0.29, 0.717) is 13.0 Å². The van der Waals surface area contributed by atoms with Gasteiger partial charge in [-0.1, -0.05) is 50.3 Å². The van der Waals surface area contributed by atoms with Crippen molar-refractivity contribution in [2.45, 2.75) is 39.1 Å². The first-order valence-electron chi connectivity index (χ1n) is 7.02. The zero-order valence-electron chi connectivity index (χ0n) is 12.2. The van der Waals surface area contributed by atoms with Crippen molar-refractivity contribution in [1.29, 1.82) is 0 Å². The maximum Gasteiger partial charge on any atom is 0.184 e. The summed E-state index contributed by atoms with van der Waals surface area (Å²) < 4.78 is 11.7. The zero-order valence-corrected chi connectivity index (χ0v) is 12.2. The number of hydrogen-bond donors (Lipinski definition) is 0. The molecular weight excluding hydrogens is 252 g/mol. The van der Waals surface area contributed by atoms with Crippen molar-refractivity contribution in [2.24, 2.45) is 5.41 Å². The van der Waals surface area contributed by atoms with Crippen LogP contribution < -0.4 is 0 Å². The molecular formula is C17H22O3. The van der Waals surface area contributed by atoms with Gasteiger partial charge in [0.25, 0.3) is 0 Å². The Bertz CT molecular complexity index is 464. The van der Waals surface area contributed by atoms with Gasteiger partial charge in [0, 0.05) is 12.0 Å². The molecule has 108 valence electrons. The monoisotopic (exact) mass is 274 g/mol. The van der Waals surface area contributed by atoms with Crippen LogP contribution in [0.1, 0.15) is 38.5 Å². The molecule has 1 aliphatic heterocycles. The van der Waals surface area contributed by atoms with E-state index in [1.165, 1.54) is 0 Å². The molecule has 1 heterocycles. The molecule has 1 aliphatic rings. The topological polar surface area (TPSA) is 35.5 Å². The van der Waals surface area contributed by atoms with Crippen LogP contribution in [-0.2, 0) is 14.3 Å². The van der Waals surface area contributed by atoms with Crippen LogP contribution in [-0.4, -0.2) is 18.5 Å². The summed E-state index contributed by atoms with van der Waals surface area (Å²) in [7, 11) is 0. The molecule has 3 heteroatoms. The van der Waals surface area contributed by atoms with Crippen molar-refractivity contribution in [2.75, 3.05) is 6.61 Å². The Balaban J connectivity index is 2.10. The van der Waals surface area contributed by atoms with E-state index in [-0.39, 0.29) is 18.2 Å². The lowest BCUT2D eigenvalue weighted by Gasteiger charge is -2.39. The van der Waals surface area contributed by atoms with E-state index >= 15 is 0 Å². The maximum atomic E-state index is 12.2. The molecule has 1 saturated heterocycles. The third-order valence-electron chi connectivity index (χ3n) is 3.86. The first-order valence-corrected chi connectivity index (χ1v) is 7.02. The molecule has 20 heavy (non-hydrogen) atoms. The Labute approximate surface area is 120 Å². The van der Waals surface area contributed by atoms with Crippen molar-refractivity contribution >= 4 is 5.78 Å². The van der Waals surface area contributed by atoms with Crippen molar-refractivity contribution in [1.82, 2.24) is 0 Å². The van der Waals surface area contributed by atoms with E-state index in [1.54, 1.807) is 6.08 Å². The lowest BCUT2D eigenvalue weighted by atomic mass is 9.79. The van der Waals surface area contributed by atoms with E-state index in [0.717, 1.165) is 12.0 Å². The fraction of sp³-hybridized carbons (Fsp3) is 0.471. The van der Waals surface area contributed by atoms with Gasteiger partial charge < -0.3 is 9.47 Å². The van der Waals surface area contributed by atoms with Gasteiger partial charge in [0.1, 0.15) is 5.78 Å². The minimum Gasteiger partial charge on any atom is -0.348 e. The third-order valence-corrected chi connectivity index (χ3v) is 3.86. The molecule has 0 spiro atoms. The lowest BCUT2D eigenvalue weighted by molar-refractivity contribution is -0.238. The Morgan fingerprint density at radius 1 is 1.40 bits per heavy atom. The fourth-order valence-electron chi connectivity index (χ4n) is 2.43. The average Bonchev–Trinajstić information content (AvgIpc) is 2.48. The second-order valence-corrected chi connectivity index (χ2v) is 5.66. The van der Waals surface area contributed by atoms with E-state index < -0.39 is 5.41 Å². The molecule has 0 N–H and O–H groups in total. The quantitative estimate of drug-likeness (QED) is 0.769. The van der Waals surface area contributed by atoms with Gasteiger partial charge in [0.05, 0.1) is 18.1 Å². The van der Waals surface area contributed by atoms with Gasteiger partial charge in [-0.05, 0) is 6.42 Å². The molecule has 2 atom stereocenters. The van der Waals surface area contributed by atoms with Gasteiger partial charge in [-0.3, -0.25) is 4.79 Å². The predicted octanol–water partition coefficient (Wildman–Crippen LogP) is 3.66. The summed E-state index contributed by atoms with van der Waals surface area (Å²) in [4.78, 5) is 12.2. The highest BCUT2D eigenvalue weighted by molar-refractivity contribution is 5.85. The third kappa shape index (κ3) is 3.17. The molecule has 1 unspecified atom stereocenters. The number of ether oxygens (including phenoxy) is 2. The van der Waals surface area contributed by atoms with Crippen LogP contribution in [0.4, 0.5) is 0 Å². The maximum absolute atomic E-state index is 12.2. The molecule has 2 rings (SSSR count). The van der Waals surface area contributed by atoms with Crippen LogP contribution in [0.5, 0.6) is 0 Å². The van der Waals surface area contributed by atoms with E-state index in [4.69, 9.17) is 9.47 Å². The Morgan fingerprint density at radius 3 is 2.75 bits per heavy atom. The zero-order chi connectivity index (χ0) is 14.6. The highest BCUT2D eigenvalue weighted by Crippen LogP contribution is 2.36. The normalized spacial score (nSPS) is 23.3. The molecule has 1 fully saturated rings. The average molecular weight is 274 g/mol. The van der Waals surface area contributed by atoms with Crippen LogP contribution in [0, 0.1) is 5.41 Å². The standard InChI is InChI=1S/C17H22O3/c1-4-8-14(18)17(2,3)15-11-12-19-16(20-15)13-9-6-5-7-10-13/h4-7,9-10,15-16H,1,8,11-12H2,2-3H3/t15-,16?/m0/s1. The van der Waals surface area contributed by atoms with Gasteiger partial charge in [-0.15, -0.1) is 6.58 Å². The molecule has 1 aromatic rings. The summed E-state index contributed by atoms with van der Waals surface area (Å²) >= 11 is 0. The molecule has 0 aliphatic carbocycles. The summed E-state index contributed by atoms with van der Waals surface area (Å²) in [6, 6.07) is 9.83. The van der Waals surface area contributed by atoms with Gasteiger partial charge in [-0.25, -0.2) is 0 Å². The highest BCUT2D eigenvalue weighted by Gasteiger charge is 2.40. The van der Waals surface area contributed by atoms with E-state index in [2.05, 4.69) is 6.58 Å². The second kappa shape index (κ2) is 6.33. The minimum atomic E-state index is -0.523. The number of carbonyl (C=O) groups is 1. The van der Waals surface area contributed by atoms with Crippen molar-refractivity contribution in [3.05, 3.63) is 48.6 Å². The van der Waals surface area contributed by atoms with Crippen LogP contribution in [0.2, 0.25) is 0 Å². The predicted molar refractivity (Wildman–Crippen MR) is 78.2 cm³/mol. The molecule has 0 radical (unpaired) electrons. The SMILES string of the molecule is C=CCC(=O)C(C)(C)[C@@H]1CCOC(c2ccccc2)O1. The number of benzene rings is 1. The first kappa shape index (κ1) is 14.9. The van der Waals surface area contributed by atoms with E-state index in [9.17, 15) is 4.79 Å². The Morgan fingerprint density at radius 2 is 2.10 bits per heavy atom. The first-order chi connectivity index (χ1) is 9.55. The summed E-state index contributed by atoms with van der Waals surface area (Å²) in [5, 5.41) is 0. The summed E-state index contributed by atoms with van der Waals surface area (Å²) in [5.74, 6) is 0.159. The summed E-state index contributed by atoms with van der Waals surface area (Å²) in [6.07, 6.45) is 2.25. The Hall–Kier alpha value is -1.45. The highest BCUT2D eigenvalue weighted by atomic mass is 16.7. The number of allylic oxidation sites excluding steroid dienone is 1. The number of hydrogen-bond acceptors (Lipinski definition) is 3. The largest absolute Gasteiger partial charge is 0.348 e. The molecule has 0 saturated carbocycles. The fourth-order valence-corrected chi connectivity index (χ4v) is 2.43.